The number of nitrogens with two attached hydrogens (primary N) is 1. The number of nitro groups is 1. The summed E-state index contributed by atoms with van der Waals surface area (Å²) >= 11 is 0. The Kier molecular flexibility index (Phi) is 3.14. The summed E-state index contributed by atoms with van der Waals surface area (Å²) in [7, 11) is 0. The quantitative estimate of drug-likeness (QED) is 0.492. The van der Waals surface area contributed by atoms with Crippen LogP contribution in [0.1, 0.15) is 5.56 Å². The highest BCUT2D eigenvalue weighted by atomic mass is 16.6. The van der Waals surface area contributed by atoms with Crippen LogP contribution in [0.5, 0.6) is 0 Å². The zero-order chi connectivity index (χ0) is 13.1. The van der Waals surface area contributed by atoms with Crippen molar-refractivity contribution in [1.29, 1.82) is 0 Å². The maximum absolute atomic E-state index is 10.7. The van der Waals surface area contributed by atoms with Gasteiger partial charge in [0.05, 0.1) is 4.92 Å². The first-order valence-corrected chi connectivity index (χ1v) is 5.44. The van der Waals surface area contributed by atoms with Gasteiger partial charge in [0.15, 0.2) is 0 Å². The van der Waals surface area contributed by atoms with E-state index in [0.717, 1.165) is 11.3 Å². The third kappa shape index (κ3) is 2.57. The average Bonchev–Trinajstić information content (AvgIpc) is 2.31. The number of nitrogen functional groups attached to an aromatic ring is 1. The van der Waals surface area contributed by atoms with Crippen LogP contribution in [0, 0.1) is 17.0 Å². The van der Waals surface area contributed by atoms with Gasteiger partial charge in [0.1, 0.15) is 0 Å². The van der Waals surface area contributed by atoms with Gasteiger partial charge in [-0.2, -0.15) is 0 Å². The van der Waals surface area contributed by atoms with Crippen LogP contribution in [0.25, 0.3) is 0 Å². The lowest BCUT2D eigenvalue weighted by Crippen LogP contribution is -1.96. The molecule has 3 N–H and O–H groups in total. The summed E-state index contributed by atoms with van der Waals surface area (Å²) < 4.78 is 0. The first-order chi connectivity index (χ1) is 8.56. The van der Waals surface area contributed by atoms with E-state index in [2.05, 4.69) is 5.32 Å². The largest absolute Gasteiger partial charge is 0.399 e. The molecular formula is C13H13N3O2. The van der Waals surface area contributed by atoms with Crippen LogP contribution in [-0.4, -0.2) is 4.92 Å². The summed E-state index contributed by atoms with van der Waals surface area (Å²) in [6.07, 6.45) is 0. The first kappa shape index (κ1) is 11.9. The Bertz CT molecular complexity index is 597. The number of anilines is 3. The Hall–Kier alpha value is -2.56. The Balaban J connectivity index is 2.33. The van der Waals surface area contributed by atoms with Gasteiger partial charge >= 0.3 is 0 Å². The second-order valence-corrected chi connectivity index (χ2v) is 4.01. The highest BCUT2D eigenvalue weighted by molar-refractivity contribution is 5.67. The molecule has 0 aliphatic carbocycles. The summed E-state index contributed by atoms with van der Waals surface area (Å²) in [6.45, 7) is 1.89. The van der Waals surface area contributed by atoms with Gasteiger partial charge in [-0.1, -0.05) is 12.1 Å². The van der Waals surface area contributed by atoms with Gasteiger partial charge < -0.3 is 11.1 Å². The van der Waals surface area contributed by atoms with E-state index in [4.69, 9.17) is 5.73 Å². The van der Waals surface area contributed by atoms with Crippen molar-refractivity contribution >= 4 is 22.7 Å². The molecule has 0 heterocycles. The van der Waals surface area contributed by atoms with Gasteiger partial charge in [-0.05, 0) is 30.7 Å². The fraction of sp³-hybridized carbons (Fsp3) is 0.0769. The van der Waals surface area contributed by atoms with E-state index in [0.29, 0.717) is 11.4 Å². The number of rotatable bonds is 3. The van der Waals surface area contributed by atoms with Crippen molar-refractivity contribution in [2.45, 2.75) is 6.92 Å². The van der Waals surface area contributed by atoms with E-state index in [9.17, 15) is 10.1 Å². The van der Waals surface area contributed by atoms with Gasteiger partial charge in [-0.3, -0.25) is 10.1 Å². The number of hydrogen-bond donors (Lipinski definition) is 2. The van der Waals surface area contributed by atoms with E-state index in [1.165, 1.54) is 12.1 Å². The number of nitro benzene ring substituents is 1. The molecule has 2 rings (SSSR count). The molecule has 5 heteroatoms. The molecule has 0 radical (unpaired) electrons. The van der Waals surface area contributed by atoms with Crippen molar-refractivity contribution < 1.29 is 4.92 Å². The van der Waals surface area contributed by atoms with E-state index in [1.54, 1.807) is 18.2 Å². The summed E-state index contributed by atoms with van der Waals surface area (Å²) in [5, 5.41) is 13.9. The highest BCUT2D eigenvalue weighted by Gasteiger charge is 2.08. The van der Waals surface area contributed by atoms with Gasteiger partial charge in [-0.25, -0.2) is 0 Å². The summed E-state index contributed by atoms with van der Waals surface area (Å²) in [5.41, 5.74) is 8.83. The predicted octanol–water partition coefficient (Wildman–Crippen LogP) is 3.23. The molecule has 0 aliphatic rings. The van der Waals surface area contributed by atoms with Crippen LogP contribution in [-0.2, 0) is 0 Å². The SMILES string of the molecule is Cc1ccc([N+](=O)[O-])cc1Nc1cccc(N)c1. The number of benzene rings is 2. The molecule has 0 saturated carbocycles. The third-order valence-corrected chi connectivity index (χ3v) is 2.60. The standard InChI is InChI=1S/C13H13N3O2/c1-9-5-6-12(16(17)18)8-13(9)15-11-4-2-3-10(14)7-11/h2-8,15H,14H2,1H3. The molecule has 0 fully saturated rings. The smallest absolute Gasteiger partial charge is 0.271 e. The maximum Gasteiger partial charge on any atom is 0.271 e. The number of nitrogens with one attached hydrogen (secondary N) is 1. The lowest BCUT2D eigenvalue weighted by Gasteiger charge is -2.09. The lowest BCUT2D eigenvalue weighted by atomic mass is 10.1. The van der Waals surface area contributed by atoms with Gasteiger partial charge in [0, 0.05) is 29.2 Å². The number of aryl methyl sites for hydroxylation is 1. The summed E-state index contributed by atoms with van der Waals surface area (Å²) in [5.74, 6) is 0. The zero-order valence-electron chi connectivity index (χ0n) is 9.88. The topological polar surface area (TPSA) is 81.2 Å². The average molecular weight is 243 g/mol. The van der Waals surface area contributed by atoms with Crippen LogP contribution in [0.15, 0.2) is 42.5 Å². The Morgan fingerprint density at radius 3 is 2.67 bits per heavy atom. The van der Waals surface area contributed by atoms with Crippen LogP contribution < -0.4 is 11.1 Å². The van der Waals surface area contributed by atoms with E-state index < -0.39 is 4.92 Å². The van der Waals surface area contributed by atoms with Crippen molar-refractivity contribution in [2.75, 3.05) is 11.1 Å². The molecule has 0 amide bonds. The Labute approximate surface area is 104 Å². The van der Waals surface area contributed by atoms with E-state index >= 15 is 0 Å². The summed E-state index contributed by atoms with van der Waals surface area (Å²) in [6, 6.07) is 12.0. The first-order valence-electron chi connectivity index (χ1n) is 5.44. The molecule has 0 aliphatic heterocycles. The second-order valence-electron chi connectivity index (χ2n) is 4.01. The molecule has 5 nitrogen and oxygen atoms in total. The van der Waals surface area contributed by atoms with Crippen molar-refractivity contribution in [2.24, 2.45) is 0 Å². The Morgan fingerprint density at radius 2 is 2.00 bits per heavy atom. The molecule has 0 aromatic heterocycles. The fourth-order valence-corrected chi connectivity index (χ4v) is 1.63. The Morgan fingerprint density at radius 1 is 1.22 bits per heavy atom. The number of nitrogens with zero attached hydrogens (tertiary/aromatic N) is 1. The molecule has 18 heavy (non-hydrogen) atoms. The zero-order valence-corrected chi connectivity index (χ0v) is 9.88. The lowest BCUT2D eigenvalue weighted by molar-refractivity contribution is -0.384. The van der Waals surface area contributed by atoms with Gasteiger partial charge in [0.25, 0.3) is 5.69 Å². The minimum atomic E-state index is -0.413. The second kappa shape index (κ2) is 4.75. The van der Waals surface area contributed by atoms with Gasteiger partial charge in [-0.15, -0.1) is 0 Å². The highest BCUT2D eigenvalue weighted by Crippen LogP contribution is 2.25. The van der Waals surface area contributed by atoms with Crippen molar-refractivity contribution in [3.63, 3.8) is 0 Å². The van der Waals surface area contributed by atoms with Gasteiger partial charge in [0.2, 0.25) is 0 Å². The third-order valence-electron chi connectivity index (χ3n) is 2.60. The molecular weight excluding hydrogens is 230 g/mol. The summed E-state index contributed by atoms with van der Waals surface area (Å²) in [4.78, 5) is 10.3. The van der Waals surface area contributed by atoms with Crippen molar-refractivity contribution in [1.82, 2.24) is 0 Å². The van der Waals surface area contributed by atoms with Crippen molar-refractivity contribution in [3.8, 4) is 0 Å². The fourth-order valence-electron chi connectivity index (χ4n) is 1.63. The molecule has 92 valence electrons. The van der Waals surface area contributed by atoms with Crippen molar-refractivity contribution in [3.05, 3.63) is 58.1 Å². The van der Waals surface area contributed by atoms with E-state index in [-0.39, 0.29) is 5.69 Å². The molecule has 2 aromatic rings. The van der Waals surface area contributed by atoms with E-state index in [1.807, 2.05) is 19.1 Å². The minimum absolute atomic E-state index is 0.0620. The molecule has 0 atom stereocenters. The van der Waals surface area contributed by atoms with Crippen LogP contribution in [0.4, 0.5) is 22.7 Å². The van der Waals surface area contributed by atoms with Crippen LogP contribution >= 0.6 is 0 Å². The molecule has 0 saturated heterocycles. The normalized spacial score (nSPS) is 10.1. The maximum atomic E-state index is 10.7. The molecule has 0 unspecified atom stereocenters. The van der Waals surface area contributed by atoms with Crippen LogP contribution in [0.3, 0.4) is 0 Å². The monoisotopic (exact) mass is 243 g/mol. The van der Waals surface area contributed by atoms with Crippen LogP contribution in [0.2, 0.25) is 0 Å². The molecule has 0 bridgehead atoms. The molecule has 0 spiro atoms. The molecule has 2 aromatic carbocycles. The predicted molar refractivity (Wildman–Crippen MR) is 72.0 cm³/mol. The number of non-ortho nitro benzene ring substituents is 1. The number of hydrogen-bond acceptors (Lipinski definition) is 4. The minimum Gasteiger partial charge on any atom is -0.399 e.